The first-order valence-corrected chi connectivity index (χ1v) is 12.6. The summed E-state index contributed by atoms with van der Waals surface area (Å²) in [6.07, 6.45) is 5.17. The molecule has 2 aromatic rings. The highest BCUT2D eigenvalue weighted by atomic mass is 32.2. The van der Waals surface area contributed by atoms with Gasteiger partial charge in [0.25, 0.3) is 0 Å². The Bertz CT molecular complexity index is 1110. The summed E-state index contributed by atoms with van der Waals surface area (Å²) in [6.45, 7) is 5.61. The van der Waals surface area contributed by atoms with Crippen molar-refractivity contribution in [2.75, 3.05) is 13.1 Å². The third kappa shape index (κ3) is 4.43. The number of fused-ring (bicyclic) bond motifs is 1. The Morgan fingerprint density at radius 2 is 1.90 bits per heavy atom. The predicted octanol–water partition coefficient (Wildman–Crippen LogP) is 2.71. The van der Waals surface area contributed by atoms with Crippen molar-refractivity contribution in [3.05, 3.63) is 28.7 Å². The van der Waals surface area contributed by atoms with Crippen LogP contribution in [-0.4, -0.2) is 42.3 Å². The van der Waals surface area contributed by atoms with E-state index in [2.05, 4.69) is 19.2 Å². The molecule has 2 heterocycles. The van der Waals surface area contributed by atoms with E-state index in [9.17, 15) is 18.0 Å². The molecule has 1 aliphatic heterocycles. The van der Waals surface area contributed by atoms with Gasteiger partial charge in [-0.15, -0.1) is 0 Å². The number of amides is 1. The summed E-state index contributed by atoms with van der Waals surface area (Å²) >= 11 is 0. The Morgan fingerprint density at radius 3 is 2.65 bits per heavy atom. The van der Waals surface area contributed by atoms with Gasteiger partial charge in [0.05, 0.1) is 10.4 Å². The summed E-state index contributed by atoms with van der Waals surface area (Å²) in [7, 11) is -3.59. The lowest BCUT2D eigenvalue weighted by atomic mass is 9.78. The highest BCUT2D eigenvalue weighted by Crippen LogP contribution is 2.29. The average Bonchev–Trinajstić information content (AvgIpc) is 3.37. The van der Waals surface area contributed by atoms with E-state index in [1.54, 1.807) is 6.07 Å². The molecule has 1 aliphatic carbocycles. The number of benzene rings is 1. The van der Waals surface area contributed by atoms with Gasteiger partial charge in [0, 0.05) is 38.2 Å². The van der Waals surface area contributed by atoms with Crippen LogP contribution in [0.3, 0.4) is 0 Å². The van der Waals surface area contributed by atoms with Crippen LogP contribution in [0.2, 0.25) is 0 Å². The molecule has 31 heavy (non-hydrogen) atoms. The molecule has 1 N–H and O–H groups in total. The fourth-order valence-electron chi connectivity index (χ4n) is 4.77. The third-order valence-electron chi connectivity index (χ3n) is 6.96. The number of aryl methyl sites for hydroxylation is 1. The quantitative estimate of drug-likeness (QED) is 0.731. The predicted molar refractivity (Wildman–Crippen MR) is 117 cm³/mol. The number of nitrogens with zero attached hydrogens (tertiary/aromatic N) is 2. The number of nitrogens with one attached hydrogen (secondary N) is 1. The first kappa shape index (κ1) is 22.1. The topological polar surface area (TPSA) is 102 Å². The summed E-state index contributed by atoms with van der Waals surface area (Å²) in [4.78, 5) is 25.0. The van der Waals surface area contributed by atoms with Gasteiger partial charge < -0.3 is 9.73 Å². The maximum atomic E-state index is 12.8. The summed E-state index contributed by atoms with van der Waals surface area (Å²) in [5.74, 6) is 0.357. The Morgan fingerprint density at radius 1 is 1.16 bits per heavy atom. The monoisotopic (exact) mass is 449 g/mol. The Labute approximate surface area is 182 Å². The summed E-state index contributed by atoms with van der Waals surface area (Å²) in [5, 5.41) is 3.12. The third-order valence-corrected chi connectivity index (χ3v) is 8.85. The standard InChI is InChI=1S/C22H31N3O5S/c1-15-6-5-7-18(16(15)2)23-21(26)10-13-25-19-9-8-17(14-20(19)30-22(25)27)31(28,29)24-11-3-4-12-24/h8-9,14-16,18H,3-7,10-13H2,1-2H3,(H,23,26). The van der Waals surface area contributed by atoms with Gasteiger partial charge in [-0.1, -0.05) is 26.7 Å². The van der Waals surface area contributed by atoms with E-state index >= 15 is 0 Å². The van der Waals surface area contributed by atoms with Crippen LogP contribution >= 0.6 is 0 Å². The number of hydrogen-bond acceptors (Lipinski definition) is 5. The first-order chi connectivity index (χ1) is 14.8. The molecule has 4 rings (SSSR count). The van der Waals surface area contributed by atoms with Crippen LogP contribution in [0.15, 0.2) is 32.3 Å². The minimum atomic E-state index is -3.59. The number of hydrogen-bond donors (Lipinski definition) is 1. The maximum Gasteiger partial charge on any atom is 0.419 e. The van der Waals surface area contributed by atoms with Crippen molar-refractivity contribution in [2.24, 2.45) is 11.8 Å². The van der Waals surface area contributed by atoms with Gasteiger partial charge in [-0.25, -0.2) is 13.2 Å². The zero-order valence-electron chi connectivity index (χ0n) is 18.2. The summed E-state index contributed by atoms with van der Waals surface area (Å²) < 4.78 is 33.7. The smallest absolute Gasteiger partial charge is 0.408 e. The lowest BCUT2D eigenvalue weighted by Gasteiger charge is -2.34. The highest BCUT2D eigenvalue weighted by Gasteiger charge is 2.29. The van der Waals surface area contributed by atoms with Gasteiger partial charge in [-0.3, -0.25) is 9.36 Å². The molecule has 9 heteroatoms. The lowest BCUT2D eigenvalue weighted by Crippen LogP contribution is -2.44. The SMILES string of the molecule is CC1CCCC(NC(=O)CCn2c(=O)oc3cc(S(=O)(=O)N4CCCC4)ccc32)C1C. The van der Waals surface area contributed by atoms with Gasteiger partial charge in [0.15, 0.2) is 5.58 Å². The van der Waals surface area contributed by atoms with Crippen LogP contribution in [0.1, 0.15) is 52.4 Å². The van der Waals surface area contributed by atoms with E-state index in [0.717, 1.165) is 25.7 Å². The first-order valence-electron chi connectivity index (χ1n) is 11.2. The molecule has 170 valence electrons. The minimum Gasteiger partial charge on any atom is -0.408 e. The second-order valence-electron chi connectivity index (χ2n) is 8.95. The number of carbonyl (C=O) groups excluding carboxylic acids is 1. The molecule has 1 saturated carbocycles. The molecule has 8 nitrogen and oxygen atoms in total. The zero-order valence-corrected chi connectivity index (χ0v) is 19.0. The molecule has 0 spiro atoms. The van der Waals surface area contributed by atoms with Crippen molar-refractivity contribution in [1.29, 1.82) is 0 Å². The Balaban J connectivity index is 1.46. The van der Waals surface area contributed by atoms with Crippen molar-refractivity contribution in [3.8, 4) is 0 Å². The number of oxazole rings is 1. The van der Waals surface area contributed by atoms with E-state index in [1.165, 1.54) is 27.4 Å². The number of sulfonamides is 1. The molecule has 3 unspecified atom stereocenters. The van der Waals surface area contributed by atoms with Crippen LogP contribution in [0.5, 0.6) is 0 Å². The fraction of sp³-hybridized carbons (Fsp3) is 0.636. The van der Waals surface area contributed by atoms with Gasteiger partial charge >= 0.3 is 5.76 Å². The van der Waals surface area contributed by atoms with Crippen molar-refractivity contribution in [3.63, 3.8) is 0 Å². The van der Waals surface area contributed by atoms with E-state index in [4.69, 9.17) is 4.42 Å². The van der Waals surface area contributed by atoms with Gasteiger partial charge in [0.2, 0.25) is 15.9 Å². The van der Waals surface area contributed by atoms with Crippen molar-refractivity contribution < 1.29 is 17.6 Å². The van der Waals surface area contributed by atoms with Crippen LogP contribution < -0.4 is 11.1 Å². The van der Waals surface area contributed by atoms with E-state index in [1.807, 2.05) is 0 Å². The van der Waals surface area contributed by atoms with E-state index in [0.29, 0.717) is 30.4 Å². The molecule has 1 saturated heterocycles. The molecule has 1 aromatic heterocycles. The lowest BCUT2D eigenvalue weighted by molar-refractivity contribution is -0.122. The number of carbonyl (C=O) groups is 1. The molecular formula is C22H31N3O5S. The Kier molecular flexibility index (Phi) is 6.25. The van der Waals surface area contributed by atoms with Crippen LogP contribution in [0, 0.1) is 11.8 Å². The van der Waals surface area contributed by atoms with E-state index in [-0.39, 0.29) is 35.4 Å². The number of rotatable bonds is 6. The maximum absolute atomic E-state index is 12.8. The molecule has 0 radical (unpaired) electrons. The molecule has 2 aliphatic rings. The molecule has 0 bridgehead atoms. The minimum absolute atomic E-state index is 0.0829. The van der Waals surface area contributed by atoms with Gasteiger partial charge in [0.1, 0.15) is 0 Å². The zero-order chi connectivity index (χ0) is 22.2. The van der Waals surface area contributed by atoms with Gasteiger partial charge in [-0.05, 0) is 43.2 Å². The fourth-order valence-corrected chi connectivity index (χ4v) is 6.31. The van der Waals surface area contributed by atoms with Crippen molar-refractivity contribution >= 4 is 27.0 Å². The Hall–Kier alpha value is -2.13. The second kappa shape index (κ2) is 8.78. The van der Waals surface area contributed by atoms with Crippen LogP contribution in [-0.2, 0) is 21.4 Å². The summed E-state index contributed by atoms with van der Waals surface area (Å²) in [5.41, 5.74) is 0.721. The van der Waals surface area contributed by atoms with Gasteiger partial charge in [-0.2, -0.15) is 4.31 Å². The van der Waals surface area contributed by atoms with Crippen LogP contribution in [0.4, 0.5) is 0 Å². The second-order valence-corrected chi connectivity index (χ2v) is 10.9. The molecule has 1 amide bonds. The number of aromatic nitrogens is 1. The molecule has 2 fully saturated rings. The average molecular weight is 450 g/mol. The van der Waals surface area contributed by atoms with Crippen LogP contribution in [0.25, 0.3) is 11.1 Å². The highest BCUT2D eigenvalue weighted by molar-refractivity contribution is 7.89. The summed E-state index contributed by atoms with van der Waals surface area (Å²) in [6, 6.07) is 4.68. The van der Waals surface area contributed by atoms with E-state index < -0.39 is 15.8 Å². The molecule has 1 aromatic carbocycles. The molecule has 3 atom stereocenters. The normalized spacial score (nSPS) is 25.2. The van der Waals surface area contributed by atoms with Crippen molar-refractivity contribution in [2.45, 2.75) is 69.9 Å². The largest absolute Gasteiger partial charge is 0.419 e. The molecular weight excluding hydrogens is 418 g/mol. The van der Waals surface area contributed by atoms with Crippen molar-refractivity contribution in [1.82, 2.24) is 14.2 Å².